The molecule has 1 aromatic carbocycles. The molecule has 0 heterocycles. The largest absolute Gasteiger partial charge is 0.343 e. The van der Waals surface area contributed by atoms with Crippen molar-refractivity contribution in [2.24, 2.45) is 0 Å². The molecule has 4 nitrogen and oxygen atoms in total. The van der Waals surface area contributed by atoms with Gasteiger partial charge >= 0.3 is 0 Å². The molecule has 122 valence electrons. The van der Waals surface area contributed by atoms with Crippen LogP contribution in [0.4, 0.5) is 5.69 Å². The highest BCUT2D eigenvalue weighted by Crippen LogP contribution is 2.18. The van der Waals surface area contributed by atoms with Crippen LogP contribution in [0.2, 0.25) is 5.02 Å². The Morgan fingerprint density at radius 1 is 1.00 bits per heavy atom. The molecule has 1 rings (SSSR count). The van der Waals surface area contributed by atoms with Crippen LogP contribution in [-0.2, 0) is 9.59 Å². The fourth-order valence-corrected chi connectivity index (χ4v) is 2.48. The molecule has 0 atom stereocenters. The standard InChI is InChI=1S/C17H25ClN2O2/c1-4-11-19(12-5-2)17(22)10-13-20(14(3)21)16-8-6-15(18)7-9-16/h6-9H,4-5,10-13H2,1-3H3. The quantitative estimate of drug-likeness (QED) is 0.731. The van der Waals surface area contributed by atoms with Crippen molar-refractivity contribution in [2.45, 2.75) is 40.0 Å². The SMILES string of the molecule is CCCN(CCC)C(=O)CCN(C(C)=O)c1ccc(Cl)cc1. The predicted octanol–water partition coefficient (Wildman–Crippen LogP) is 3.73. The maximum Gasteiger partial charge on any atom is 0.224 e. The maximum atomic E-state index is 12.3. The number of hydrogen-bond acceptors (Lipinski definition) is 2. The molecule has 0 unspecified atom stereocenters. The minimum Gasteiger partial charge on any atom is -0.343 e. The Morgan fingerprint density at radius 2 is 1.55 bits per heavy atom. The van der Waals surface area contributed by atoms with E-state index in [9.17, 15) is 9.59 Å². The Balaban J connectivity index is 2.69. The molecule has 0 saturated carbocycles. The molecule has 22 heavy (non-hydrogen) atoms. The zero-order valence-corrected chi connectivity index (χ0v) is 14.4. The van der Waals surface area contributed by atoms with Crippen molar-refractivity contribution >= 4 is 29.1 Å². The van der Waals surface area contributed by atoms with Gasteiger partial charge in [0.25, 0.3) is 0 Å². The van der Waals surface area contributed by atoms with Crippen LogP contribution in [-0.4, -0.2) is 36.3 Å². The summed E-state index contributed by atoms with van der Waals surface area (Å²) in [6.45, 7) is 7.56. The van der Waals surface area contributed by atoms with Gasteiger partial charge in [0.1, 0.15) is 0 Å². The molecule has 0 spiro atoms. The summed E-state index contributed by atoms with van der Waals surface area (Å²) in [5.41, 5.74) is 0.766. The molecule has 0 fully saturated rings. The fourth-order valence-electron chi connectivity index (χ4n) is 2.36. The normalized spacial score (nSPS) is 10.4. The van der Waals surface area contributed by atoms with Gasteiger partial charge in [-0.15, -0.1) is 0 Å². The van der Waals surface area contributed by atoms with Crippen molar-refractivity contribution in [1.82, 2.24) is 4.90 Å². The number of carbonyl (C=O) groups excluding carboxylic acids is 2. The molecule has 0 aliphatic heterocycles. The Morgan fingerprint density at radius 3 is 2.00 bits per heavy atom. The molecular weight excluding hydrogens is 300 g/mol. The third kappa shape index (κ3) is 5.68. The van der Waals surface area contributed by atoms with E-state index in [1.165, 1.54) is 6.92 Å². The van der Waals surface area contributed by atoms with Crippen LogP contribution in [0.3, 0.4) is 0 Å². The van der Waals surface area contributed by atoms with Crippen LogP contribution < -0.4 is 4.90 Å². The van der Waals surface area contributed by atoms with Crippen molar-refractivity contribution < 1.29 is 9.59 Å². The average Bonchev–Trinajstić information content (AvgIpc) is 2.48. The van der Waals surface area contributed by atoms with E-state index in [4.69, 9.17) is 11.6 Å². The van der Waals surface area contributed by atoms with E-state index in [2.05, 4.69) is 13.8 Å². The fraction of sp³-hybridized carbons (Fsp3) is 0.529. The molecule has 0 radical (unpaired) electrons. The van der Waals surface area contributed by atoms with E-state index in [0.717, 1.165) is 31.6 Å². The number of hydrogen-bond donors (Lipinski definition) is 0. The number of benzene rings is 1. The summed E-state index contributed by atoms with van der Waals surface area (Å²) in [6.07, 6.45) is 2.22. The lowest BCUT2D eigenvalue weighted by molar-refractivity contribution is -0.131. The summed E-state index contributed by atoms with van der Waals surface area (Å²) >= 11 is 5.87. The van der Waals surface area contributed by atoms with Crippen LogP contribution >= 0.6 is 11.6 Å². The summed E-state index contributed by atoms with van der Waals surface area (Å²) < 4.78 is 0. The van der Waals surface area contributed by atoms with E-state index >= 15 is 0 Å². The van der Waals surface area contributed by atoms with Gasteiger partial charge in [0.05, 0.1) is 0 Å². The van der Waals surface area contributed by atoms with E-state index in [1.807, 2.05) is 4.90 Å². The molecule has 0 bridgehead atoms. The lowest BCUT2D eigenvalue weighted by atomic mass is 10.2. The molecule has 0 N–H and O–H groups in total. The number of nitrogens with zero attached hydrogens (tertiary/aromatic N) is 2. The minimum absolute atomic E-state index is 0.0762. The molecule has 0 aliphatic carbocycles. The second-order valence-corrected chi connectivity index (χ2v) is 5.71. The molecule has 1 aromatic rings. The van der Waals surface area contributed by atoms with Crippen molar-refractivity contribution in [3.8, 4) is 0 Å². The third-order valence-electron chi connectivity index (χ3n) is 3.41. The van der Waals surface area contributed by atoms with Crippen molar-refractivity contribution in [2.75, 3.05) is 24.5 Å². The number of anilines is 1. The first-order valence-electron chi connectivity index (χ1n) is 7.81. The van der Waals surface area contributed by atoms with Gasteiger partial charge in [-0.3, -0.25) is 9.59 Å². The number of amides is 2. The highest BCUT2D eigenvalue weighted by atomic mass is 35.5. The molecule has 5 heteroatoms. The van der Waals surface area contributed by atoms with Gasteiger partial charge in [-0.25, -0.2) is 0 Å². The zero-order chi connectivity index (χ0) is 16.5. The second-order valence-electron chi connectivity index (χ2n) is 5.28. The van der Waals surface area contributed by atoms with Crippen LogP contribution in [0.1, 0.15) is 40.0 Å². The topological polar surface area (TPSA) is 40.6 Å². The maximum absolute atomic E-state index is 12.3. The van der Waals surface area contributed by atoms with Crippen molar-refractivity contribution in [3.05, 3.63) is 29.3 Å². The molecule has 2 amide bonds. The Bertz CT molecular complexity index is 482. The number of rotatable bonds is 8. The Hall–Kier alpha value is -1.55. The summed E-state index contributed by atoms with van der Waals surface area (Å²) in [6, 6.07) is 7.08. The smallest absolute Gasteiger partial charge is 0.224 e. The Kier molecular flexibility index (Phi) is 7.96. The minimum atomic E-state index is -0.0762. The van der Waals surface area contributed by atoms with Gasteiger partial charge < -0.3 is 9.80 Å². The summed E-state index contributed by atoms with van der Waals surface area (Å²) in [5, 5.41) is 0.625. The third-order valence-corrected chi connectivity index (χ3v) is 3.66. The lowest BCUT2D eigenvalue weighted by Crippen LogP contribution is -2.37. The number of halogens is 1. The first kappa shape index (κ1) is 18.5. The van der Waals surface area contributed by atoms with Gasteiger partial charge in [0.2, 0.25) is 11.8 Å². The average molecular weight is 325 g/mol. The first-order valence-corrected chi connectivity index (χ1v) is 8.18. The molecule has 0 saturated heterocycles. The highest BCUT2D eigenvalue weighted by molar-refractivity contribution is 6.30. The van der Waals surface area contributed by atoms with Crippen LogP contribution in [0, 0.1) is 0 Å². The second kappa shape index (κ2) is 9.46. The summed E-state index contributed by atoms with van der Waals surface area (Å²) in [5.74, 6) is 0.0246. The Labute approximate surface area is 138 Å². The zero-order valence-electron chi connectivity index (χ0n) is 13.6. The van der Waals surface area contributed by atoms with Crippen molar-refractivity contribution in [3.63, 3.8) is 0 Å². The van der Waals surface area contributed by atoms with Gasteiger partial charge in [-0.2, -0.15) is 0 Å². The highest BCUT2D eigenvalue weighted by Gasteiger charge is 2.16. The van der Waals surface area contributed by atoms with Crippen molar-refractivity contribution in [1.29, 1.82) is 0 Å². The van der Waals surface area contributed by atoms with Crippen LogP contribution in [0.25, 0.3) is 0 Å². The van der Waals surface area contributed by atoms with Crippen LogP contribution in [0.15, 0.2) is 24.3 Å². The first-order chi connectivity index (χ1) is 10.5. The molecule has 0 aliphatic rings. The molecular formula is C17H25ClN2O2. The predicted molar refractivity (Wildman–Crippen MR) is 91.3 cm³/mol. The van der Waals surface area contributed by atoms with E-state index in [1.54, 1.807) is 29.2 Å². The van der Waals surface area contributed by atoms with Gasteiger partial charge in [0.15, 0.2) is 0 Å². The van der Waals surface area contributed by atoms with Gasteiger partial charge in [-0.1, -0.05) is 25.4 Å². The van der Waals surface area contributed by atoms with E-state index in [-0.39, 0.29) is 11.8 Å². The lowest BCUT2D eigenvalue weighted by Gasteiger charge is -2.25. The monoisotopic (exact) mass is 324 g/mol. The van der Waals surface area contributed by atoms with Crippen LogP contribution in [0.5, 0.6) is 0 Å². The summed E-state index contributed by atoms with van der Waals surface area (Å²) in [7, 11) is 0. The van der Waals surface area contributed by atoms with Gasteiger partial charge in [0, 0.05) is 43.7 Å². The van der Waals surface area contributed by atoms with E-state index < -0.39 is 0 Å². The van der Waals surface area contributed by atoms with Gasteiger partial charge in [-0.05, 0) is 37.1 Å². The summed E-state index contributed by atoms with van der Waals surface area (Å²) in [4.78, 5) is 27.6. The van der Waals surface area contributed by atoms with E-state index in [0.29, 0.717) is 18.0 Å². The number of carbonyl (C=O) groups is 2. The molecule has 0 aromatic heterocycles.